The molecule has 1 aliphatic rings. The molecule has 6 heteroatoms. The summed E-state index contributed by atoms with van der Waals surface area (Å²) in [6, 6.07) is 5.84. The fourth-order valence-corrected chi connectivity index (χ4v) is 1.94. The highest BCUT2D eigenvalue weighted by atomic mass is 16.5. The molecule has 6 nitrogen and oxygen atoms in total. The Balaban J connectivity index is 2.14. The van der Waals surface area contributed by atoms with Crippen molar-refractivity contribution < 1.29 is 19.1 Å². The molecule has 1 N–H and O–H groups in total. The van der Waals surface area contributed by atoms with Crippen molar-refractivity contribution in [3.8, 4) is 5.75 Å². The summed E-state index contributed by atoms with van der Waals surface area (Å²) in [4.78, 5) is 25.1. The Kier molecular flexibility index (Phi) is 4.01. The zero-order valence-corrected chi connectivity index (χ0v) is 10.9. The summed E-state index contributed by atoms with van der Waals surface area (Å²) in [5.74, 6) is 0.416. The lowest BCUT2D eigenvalue weighted by Gasteiger charge is -2.13. The first kappa shape index (κ1) is 13.4. The molecule has 0 bridgehead atoms. The van der Waals surface area contributed by atoms with Gasteiger partial charge in [0.1, 0.15) is 11.8 Å². The predicted octanol–water partition coefficient (Wildman–Crippen LogP) is 1.16. The minimum absolute atomic E-state index is 0.257. The number of rotatable bonds is 5. The van der Waals surface area contributed by atoms with E-state index in [9.17, 15) is 9.59 Å². The summed E-state index contributed by atoms with van der Waals surface area (Å²) in [5.41, 5.74) is 0.531. The summed E-state index contributed by atoms with van der Waals surface area (Å²) in [6.07, 6.45) is 0.466. The van der Waals surface area contributed by atoms with Crippen LogP contribution in [0.5, 0.6) is 5.75 Å². The average Bonchev–Trinajstić information content (AvgIpc) is 2.71. The standard InChI is InChI=1S/C13H16N2O4/c1-18-8-7-11-12(16)15(13(17)14-11)9-3-5-10(19-2)6-4-9/h3-6,11H,7-8H2,1-2H3,(H,14,17). The second-order valence-electron chi connectivity index (χ2n) is 4.16. The Morgan fingerprint density at radius 1 is 1.21 bits per heavy atom. The number of benzene rings is 1. The van der Waals surface area contributed by atoms with Crippen molar-refractivity contribution in [2.24, 2.45) is 0 Å². The zero-order valence-electron chi connectivity index (χ0n) is 10.9. The monoisotopic (exact) mass is 264 g/mol. The smallest absolute Gasteiger partial charge is 0.329 e. The lowest BCUT2D eigenvalue weighted by molar-refractivity contribution is -0.118. The van der Waals surface area contributed by atoms with Crippen molar-refractivity contribution in [3.63, 3.8) is 0 Å². The maximum atomic E-state index is 12.1. The SMILES string of the molecule is COCCC1NC(=O)N(c2ccc(OC)cc2)C1=O. The molecule has 1 heterocycles. The Bertz CT molecular complexity index is 472. The maximum Gasteiger partial charge on any atom is 0.329 e. The van der Waals surface area contributed by atoms with Gasteiger partial charge in [0.2, 0.25) is 0 Å². The first-order valence-corrected chi connectivity index (χ1v) is 5.95. The van der Waals surface area contributed by atoms with Crippen LogP contribution in [0.3, 0.4) is 0 Å². The van der Waals surface area contributed by atoms with Gasteiger partial charge in [-0.15, -0.1) is 0 Å². The van der Waals surface area contributed by atoms with Crippen LogP contribution in [0.15, 0.2) is 24.3 Å². The van der Waals surface area contributed by atoms with E-state index in [1.165, 1.54) is 0 Å². The van der Waals surface area contributed by atoms with E-state index in [2.05, 4.69) is 5.32 Å². The number of urea groups is 1. The van der Waals surface area contributed by atoms with Crippen molar-refractivity contribution >= 4 is 17.6 Å². The van der Waals surface area contributed by atoms with Gasteiger partial charge in [-0.25, -0.2) is 9.69 Å². The van der Waals surface area contributed by atoms with Crippen LogP contribution in [0.25, 0.3) is 0 Å². The van der Waals surface area contributed by atoms with E-state index >= 15 is 0 Å². The van der Waals surface area contributed by atoms with Crippen LogP contribution in [0, 0.1) is 0 Å². The summed E-state index contributed by atoms with van der Waals surface area (Å²) in [7, 11) is 3.12. The number of nitrogens with one attached hydrogen (secondary N) is 1. The van der Waals surface area contributed by atoms with E-state index in [-0.39, 0.29) is 5.91 Å². The van der Waals surface area contributed by atoms with Crippen molar-refractivity contribution in [1.82, 2.24) is 5.32 Å². The summed E-state index contributed by atoms with van der Waals surface area (Å²) >= 11 is 0. The van der Waals surface area contributed by atoms with Crippen LogP contribution in [0.4, 0.5) is 10.5 Å². The molecule has 1 aliphatic heterocycles. The van der Waals surface area contributed by atoms with Crippen molar-refractivity contribution in [2.45, 2.75) is 12.5 Å². The number of anilines is 1. The number of imide groups is 1. The molecular weight excluding hydrogens is 248 g/mol. The Morgan fingerprint density at radius 2 is 1.89 bits per heavy atom. The zero-order chi connectivity index (χ0) is 13.8. The van der Waals surface area contributed by atoms with Gasteiger partial charge in [0.05, 0.1) is 12.8 Å². The highest BCUT2D eigenvalue weighted by molar-refractivity contribution is 6.21. The Hall–Kier alpha value is -2.08. The number of hydrogen-bond acceptors (Lipinski definition) is 4. The maximum absolute atomic E-state index is 12.1. The predicted molar refractivity (Wildman–Crippen MR) is 69.3 cm³/mol. The van der Waals surface area contributed by atoms with Gasteiger partial charge in [-0.3, -0.25) is 4.79 Å². The average molecular weight is 264 g/mol. The molecule has 1 aromatic rings. The molecule has 0 aromatic heterocycles. The molecule has 0 saturated carbocycles. The van der Waals surface area contributed by atoms with Crippen molar-refractivity contribution in [1.29, 1.82) is 0 Å². The minimum atomic E-state index is -0.519. The van der Waals surface area contributed by atoms with E-state index in [1.54, 1.807) is 38.5 Å². The molecule has 0 aliphatic carbocycles. The van der Waals surface area contributed by atoms with E-state index in [0.29, 0.717) is 24.5 Å². The Morgan fingerprint density at radius 3 is 2.47 bits per heavy atom. The fraction of sp³-hybridized carbons (Fsp3) is 0.385. The molecular formula is C13H16N2O4. The van der Waals surface area contributed by atoms with E-state index in [1.807, 2.05) is 0 Å². The third kappa shape index (κ3) is 2.68. The highest BCUT2D eigenvalue weighted by Crippen LogP contribution is 2.23. The minimum Gasteiger partial charge on any atom is -0.497 e. The molecule has 2 rings (SSSR count). The number of carbonyl (C=O) groups excluding carboxylic acids is 2. The van der Waals surface area contributed by atoms with E-state index in [0.717, 1.165) is 4.90 Å². The normalized spacial score (nSPS) is 18.6. The number of methoxy groups -OCH3 is 2. The van der Waals surface area contributed by atoms with E-state index < -0.39 is 12.1 Å². The second kappa shape index (κ2) is 5.71. The van der Waals surface area contributed by atoms with Crippen LogP contribution >= 0.6 is 0 Å². The molecule has 19 heavy (non-hydrogen) atoms. The number of amides is 3. The lowest BCUT2D eigenvalue weighted by Crippen LogP contribution is -2.31. The number of nitrogens with zero attached hydrogens (tertiary/aromatic N) is 1. The molecule has 1 atom stereocenters. The highest BCUT2D eigenvalue weighted by Gasteiger charge is 2.38. The van der Waals surface area contributed by atoms with Crippen LogP contribution in [0.2, 0.25) is 0 Å². The molecule has 1 unspecified atom stereocenters. The van der Waals surface area contributed by atoms with Gasteiger partial charge < -0.3 is 14.8 Å². The largest absolute Gasteiger partial charge is 0.497 e. The van der Waals surface area contributed by atoms with Gasteiger partial charge in [0.15, 0.2) is 0 Å². The Labute approximate surface area is 111 Å². The topological polar surface area (TPSA) is 67.9 Å². The molecule has 3 amide bonds. The molecule has 0 radical (unpaired) electrons. The van der Waals surface area contributed by atoms with Gasteiger partial charge in [-0.2, -0.15) is 0 Å². The quantitative estimate of drug-likeness (QED) is 0.810. The summed E-state index contributed by atoms with van der Waals surface area (Å²) in [5, 5.41) is 2.64. The molecule has 1 aromatic carbocycles. The fourth-order valence-electron chi connectivity index (χ4n) is 1.94. The van der Waals surface area contributed by atoms with Crippen LogP contribution < -0.4 is 15.0 Å². The second-order valence-corrected chi connectivity index (χ2v) is 4.16. The summed E-state index contributed by atoms with van der Waals surface area (Å²) in [6.45, 7) is 0.424. The first-order chi connectivity index (χ1) is 9.17. The third-order valence-electron chi connectivity index (χ3n) is 2.96. The lowest BCUT2D eigenvalue weighted by atomic mass is 10.2. The van der Waals surface area contributed by atoms with Crippen LogP contribution in [-0.4, -0.2) is 38.8 Å². The summed E-state index contributed by atoms with van der Waals surface area (Å²) < 4.78 is 9.96. The third-order valence-corrected chi connectivity index (χ3v) is 2.96. The van der Waals surface area contributed by atoms with E-state index in [4.69, 9.17) is 9.47 Å². The molecule has 102 valence electrons. The van der Waals surface area contributed by atoms with Crippen molar-refractivity contribution in [2.75, 3.05) is 25.7 Å². The van der Waals surface area contributed by atoms with Gasteiger partial charge in [-0.1, -0.05) is 0 Å². The number of hydrogen-bond donors (Lipinski definition) is 1. The first-order valence-electron chi connectivity index (χ1n) is 5.95. The molecule has 1 saturated heterocycles. The van der Waals surface area contributed by atoms with Crippen LogP contribution in [-0.2, 0) is 9.53 Å². The van der Waals surface area contributed by atoms with Gasteiger partial charge >= 0.3 is 6.03 Å². The van der Waals surface area contributed by atoms with Gasteiger partial charge in [-0.05, 0) is 24.3 Å². The number of carbonyl (C=O) groups is 2. The van der Waals surface area contributed by atoms with Crippen LogP contribution in [0.1, 0.15) is 6.42 Å². The molecule has 0 spiro atoms. The van der Waals surface area contributed by atoms with Crippen molar-refractivity contribution in [3.05, 3.63) is 24.3 Å². The van der Waals surface area contributed by atoms with Gasteiger partial charge in [0.25, 0.3) is 5.91 Å². The van der Waals surface area contributed by atoms with Gasteiger partial charge in [0, 0.05) is 20.1 Å². The molecule has 1 fully saturated rings. The number of ether oxygens (including phenoxy) is 2.